The third-order valence-corrected chi connectivity index (χ3v) is 2.33. The van der Waals surface area contributed by atoms with Crippen LogP contribution in [0, 0.1) is 0 Å². The van der Waals surface area contributed by atoms with Gasteiger partial charge in [0.15, 0.2) is 0 Å². The number of fused-ring (bicyclic) bond motifs is 1. The van der Waals surface area contributed by atoms with E-state index in [0.717, 1.165) is 18.4 Å². The normalized spacial score (nSPS) is 10.6. The maximum Gasteiger partial charge on any atom is 0.302 e. The fourth-order valence-corrected chi connectivity index (χ4v) is 1.47. The summed E-state index contributed by atoms with van der Waals surface area (Å²) in [5.41, 5.74) is 1.25. The van der Waals surface area contributed by atoms with Crippen molar-refractivity contribution in [3.63, 3.8) is 0 Å². The molecule has 0 atom stereocenters. The van der Waals surface area contributed by atoms with Crippen molar-refractivity contribution in [2.75, 3.05) is 6.61 Å². The number of hydrogen-bond donors (Lipinski definition) is 0. The molecule has 0 spiro atoms. The Morgan fingerprint density at radius 1 is 1.38 bits per heavy atom. The first-order valence-corrected chi connectivity index (χ1v) is 5.43. The fourth-order valence-electron chi connectivity index (χ4n) is 1.47. The van der Waals surface area contributed by atoms with E-state index >= 15 is 0 Å². The van der Waals surface area contributed by atoms with E-state index in [1.807, 2.05) is 24.3 Å². The molecule has 84 valence electrons. The molecule has 2 rings (SSSR count). The van der Waals surface area contributed by atoms with E-state index in [-0.39, 0.29) is 5.56 Å². The molecule has 4 nitrogen and oxygen atoms in total. The maximum atomic E-state index is 11.6. The molecule has 0 bridgehead atoms. The number of nitrogens with zero attached hydrogens (tertiary/aromatic N) is 2. The molecule has 0 fully saturated rings. The van der Waals surface area contributed by atoms with Crippen LogP contribution in [0.25, 0.3) is 11.0 Å². The van der Waals surface area contributed by atoms with Gasteiger partial charge in [-0.25, -0.2) is 4.98 Å². The highest BCUT2D eigenvalue weighted by molar-refractivity contribution is 5.73. The van der Waals surface area contributed by atoms with Gasteiger partial charge < -0.3 is 4.84 Å². The van der Waals surface area contributed by atoms with E-state index in [0.29, 0.717) is 12.1 Å². The Bertz CT molecular complexity index is 534. The van der Waals surface area contributed by atoms with Gasteiger partial charge in [-0.15, -0.1) is 4.73 Å². The Labute approximate surface area is 93.5 Å². The molecule has 2 aromatic rings. The van der Waals surface area contributed by atoms with Crippen LogP contribution in [0.3, 0.4) is 0 Å². The summed E-state index contributed by atoms with van der Waals surface area (Å²) in [6.07, 6.45) is 3.26. The molecule has 1 aromatic carbocycles. The fraction of sp³-hybridized carbons (Fsp3) is 0.333. The lowest BCUT2D eigenvalue weighted by atomic mass is 10.3. The van der Waals surface area contributed by atoms with E-state index in [2.05, 4.69) is 11.9 Å². The van der Waals surface area contributed by atoms with E-state index < -0.39 is 0 Å². The lowest BCUT2D eigenvalue weighted by molar-refractivity contribution is 0.109. The van der Waals surface area contributed by atoms with Crippen LogP contribution in [0.2, 0.25) is 0 Å². The van der Waals surface area contributed by atoms with Gasteiger partial charge >= 0.3 is 5.56 Å². The SMILES string of the molecule is CCCCOn1c(=O)cnc2ccccc21. The molecule has 0 radical (unpaired) electrons. The van der Waals surface area contributed by atoms with Crippen molar-refractivity contribution in [1.29, 1.82) is 0 Å². The molecular formula is C12H14N2O2. The minimum absolute atomic E-state index is 0.227. The predicted octanol–water partition coefficient (Wildman–Crippen LogP) is 1.63. The quantitative estimate of drug-likeness (QED) is 0.732. The summed E-state index contributed by atoms with van der Waals surface area (Å²) < 4.78 is 1.32. The van der Waals surface area contributed by atoms with Gasteiger partial charge in [-0.1, -0.05) is 25.5 Å². The third-order valence-electron chi connectivity index (χ3n) is 2.33. The van der Waals surface area contributed by atoms with Crippen molar-refractivity contribution in [3.05, 3.63) is 40.8 Å². The highest BCUT2D eigenvalue weighted by Crippen LogP contribution is 2.06. The van der Waals surface area contributed by atoms with Gasteiger partial charge in [-0.05, 0) is 18.6 Å². The summed E-state index contributed by atoms with van der Waals surface area (Å²) in [7, 11) is 0. The van der Waals surface area contributed by atoms with Gasteiger partial charge in [0, 0.05) is 0 Å². The molecule has 16 heavy (non-hydrogen) atoms. The highest BCUT2D eigenvalue weighted by Gasteiger charge is 2.03. The van der Waals surface area contributed by atoms with Crippen LogP contribution in [-0.2, 0) is 0 Å². The molecule has 0 saturated carbocycles. The molecule has 0 saturated heterocycles. The molecule has 0 amide bonds. The second kappa shape index (κ2) is 4.79. The van der Waals surface area contributed by atoms with Crippen LogP contribution in [-0.4, -0.2) is 16.3 Å². The Morgan fingerprint density at radius 3 is 3.00 bits per heavy atom. The molecule has 0 unspecified atom stereocenters. The topological polar surface area (TPSA) is 44.1 Å². The van der Waals surface area contributed by atoms with E-state index in [4.69, 9.17) is 4.84 Å². The summed E-state index contributed by atoms with van der Waals surface area (Å²) in [5, 5.41) is 0. The Kier molecular flexibility index (Phi) is 3.19. The second-order valence-electron chi connectivity index (χ2n) is 3.57. The van der Waals surface area contributed by atoms with Crippen molar-refractivity contribution in [3.8, 4) is 0 Å². The average molecular weight is 218 g/mol. The van der Waals surface area contributed by atoms with Gasteiger partial charge in [-0.3, -0.25) is 4.79 Å². The van der Waals surface area contributed by atoms with Crippen molar-refractivity contribution >= 4 is 11.0 Å². The maximum absolute atomic E-state index is 11.6. The first-order chi connectivity index (χ1) is 7.83. The minimum atomic E-state index is -0.227. The zero-order chi connectivity index (χ0) is 11.4. The lowest BCUT2D eigenvalue weighted by Crippen LogP contribution is -2.27. The standard InChI is InChI=1S/C12H14N2O2/c1-2-3-8-16-14-11-7-5-4-6-10(11)13-9-12(14)15/h4-7,9H,2-3,8H2,1H3. The summed E-state index contributed by atoms with van der Waals surface area (Å²) in [6.45, 7) is 2.63. The monoisotopic (exact) mass is 218 g/mol. The first kappa shape index (κ1) is 10.7. The smallest absolute Gasteiger partial charge is 0.302 e. The van der Waals surface area contributed by atoms with Crippen molar-refractivity contribution < 1.29 is 4.84 Å². The number of aromatic nitrogens is 2. The van der Waals surface area contributed by atoms with E-state index in [1.54, 1.807) is 0 Å². The lowest BCUT2D eigenvalue weighted by Gasteiger charge is -2.09. The third kappa shape index (κ3) is 2.05. The van der Waals surface area contributed by atoms with Gasteiger partial charge in [0.1, 0.15) is 12.1 Å². The van der Waals surface area contributed by atoms with Crippen LogP contribution < -0.4 is 10.4 Å². The molecule has 0 aliphatic heterocycles. The Morgan fingerprint density at radius 2 is 2.19 bits per heavy atom. The minimum Gasteiger partial charge on any atom is -0.410 e. The Balaban J connectivity index is 2.41. The van der Waals surface area contributed by atoms with Gasteiger partial charge in [0.25, 0.3) is 0 Å². The van der Waals surface area contributed by atoms with Crippen LogP contribution >= 0.6 is 0 Å². The summed E-state index contributed by atoms with van der Waals surface area (Å²) >= 11 is 0. The highest BCUT2D eigenvalue weighted by atomic mass is 16.7. The van der Waals surface area contributed by atoms with Crippen molar-refractivity contribution in [2.24, 2.45) is 0 Å². The zero-order valence-electron chi connectivity index (χ0n) is 9.22. The zero-order valence-corrected chi connectivity index (χ0v) is 9.22. The van der Waals surface area contributed by atoms with Gasteiger partial charge in [0.2, 0.25) is 0 Å². The van der Waals surface area contributed by atoms with Gasteiger partial charge in [0.05, 0.1) is 11.7 Å². The van der Waals surface area contributed by atoms with E-state index in [9.17, 15) is 4.79 Å². The number of para-hydroxylation sites is 2. The summed E-state index contributed by atoms with van der Waals surface area (Å²) in [4.78, 5) is 21.1. The first-order valence-electron chi connectivity index (χ1n) is 5.43. The van der Waals surface area contributed by atoms with Crippen LogP contribution in [0.15, 0.2) is 35.3 Å². The van der Waals surface area contributed by atoms with Gasteiger partial charge in [-0.2, -0.15) is 0 Å². The molecule has 4 heteroatoms. The van der Waals surface area contributed by atoms with E-state index in [1.165, 1.54) is 10.9 Å². The number of benzene rings is 1. The number of hydrogen-bond acceptors (Lipinski definition) is 3. The molecule has 0 N–H and O–H groups in total. The van der Waals surface area contributed by atoms with Crippen LogP contribution in [0.5, 0.6) is 0 Å². The molecular weight excluding hydrogens is 204 g/mol. The Hall–Kier alpha value is -1.84. The number of unbranched alkanes of at least 4 members (excludes halogenated alkanes) is 1. The average Bonchev–Trinajstić information content (AvgIpc) is 2.32. The molecule has 0 aliphatic carbocycles. The van der Waals surface area contributed by atoms with Crippen molar-refractivity contribution in [2.45, 2.75) is 19.8 Å². The summed E-state index contributed by atoms with van der Waals surface area (Å²) in [6, 6.07) is 7.43. The van der Waals surface area contributed by atoms with Crippen LogP contribution in [0.1, 0.15) is 19.8 Å². The summed E-state index contributed by atoms with van der Waals surface area (Å²) in [5.74, 6) is 0. The van der Waals surface area contributed by atoms with Crippen LogP contribution in [0.4, 0.5) is 0 Å². The molecule has 0 aliphatic rings. The second-order valence-corrected chi connectivity index (χ2v) is 3.57. The van der Waals surface area contributed by atoms with Crippen molar-refractivity contribution in [1.82, 2.24) is 9.71 Å². The number of rotatable bonds is 4. The largest absolute Gasteiger partial charge is 0.410 e. The molecule has 1 aromatic heterocycles. The molecule has 1 heterocycles. The predicted molar refractivity (Wildman–Crippen MR) is 62.4 cm³/mol.